The van der Waals surface area contributed by atoms with Gasteiger partial charge in [0.25, 0.3) is 0 Å². The second-order valence-electron chi connectivity index (χ2n) is 5.53. The van der Waals surface area contributed by atoms with Gasteiger partial charge in [-0.25, -0.2) is 13.1 Å². The number of aromatic nitrogens is 2. The van der Waals surface area contributed by atoms with Gasteiger partial charge in [0.15, 0.2) is 9.84 Å². The van der Waals surface area contributed by atoms with E-state index in [1.807, 2.05) is 47.4 Å². The van der Waals surface area contributed by atoms with E-state index in [9.17, 15) is 8.42 Å². The zero-order chi connectivity index (χ0) is 14.7. The molecule has 3 rings (SSSR count). The summed E-state index contributed by atoms with van der Waals surface area (Å²) in [7, 11) is -2.78. The van der Waals surface area contributed by atoms with Gasteiger partial charge < -0.3 is 5.32 Å². The third-order valence-corrected chi connectivity index (χ3v) is 5.58. The molecule has 1 atom stereocenters. The largest absolute Gasteiger partial charge is 0.312 e. The lowest BCUT2D eigenvalue weighted by Crippen LogP contribution is -2.23. The highest BCUT2D eigenvalue weighted by atomic mass is 32.2. The van der Waals surface area contributed by atoms with Crippen molar-refractivity contribution in [1.82, 2.24) is 15.1 Å². The zero-order valence-electron chi connectivity index (χ0n) is 11.8. The molecule has 112 valence electrons. The van der Waals surface area contributed by atoms with Gasteiger partial charge in [0.2, 0.25) is 0 Å². The molecule has 6 heteroatoms. The summed E-state index contributed by atoms with van der Waals surface area (Å²) in [5, 5.41) is 7.67. The molecule has 0 saturated carbocycles. The minimum atomic E-state index is -2.78. The van der Waals surface area contributed by atoms with Gasteiger partial charge in [-0.2, -0.15) is 5.10 Å². The van der Waals surface area contributed by atoms with E-state index in [1.165, 1.54) is 0 Å². The monoisotopic (exact) mass is 305 g/mol. The number of benzene rings is 1. The lowest BCUT2D eigenvalue weighted by Gasteiger charge is -2.08. The molecule has 5 nitrogen and oxygen atoms in total. The number of para-hydroxylation sites is 1. The summed E-state index contributed by atoms with van der Waals surface area (Å²) >= 11 is 0. The Labute approximate surface area is 124 Å². The minimum Gasteiger partial charge on any atom is -0.312 e. The molecule has 0 amide bonds. The van der Waals surface area contributed by atoms with Crippen LogP contribution in [0.4, 0.5) is 0 Å². The van der Waals surface area contributed by atoms with Crippen LogP contribution in [0, 0.1) is 5.92 Å². The highest BCUT2D eigenvalue weighted by molar-refractivity contribution is 7.91. The molecule has 1 unspecified atom stereocenters. The molecule has 2 heterocycles. The molecule has 0 bridgehead atoms. The van der Waals surface area contributed by atoms with Crippen molar-refractivity contribution >= 4 is 9.84 Å². The van der Waals surface area contributed by atoms with E-state index in [1.54, 1.807) is 0 Å². The smallest absolute Gasteiger partial charge is 0.150 e. The second-order valence-corrected chi connectivity index (χ2v) is 7.76. The van der Waals surface area contributed by atoms with Crippen LogP contribution in [0.15, 0.2) is 42.7 Å². The zero-order valence-corrected chi connectivity index (χ0v) is 12.6. The maximum absolute atomic E-state index is 11.4. The quantitative estimate of drug-likeness (QED) is 0.907. The predicted octanol–water partition coefficient (Wildman–Crippen LogP) is 1.40. The maximum Gasteiger partial charge on any atom is 0.150 e. The van der Waals surface area contributed by atoms with Crippen molar-refractivity contribution in [2.75, 3.05) is 18.1 Å². The van der Waals surface area contributed by atoms with Gasteiger partial charge in [-0.3, -0.25) is 0 Å². The van der Waals surface area contributed by atoms with E-state index < -0.39 is 9.84 Å². The van der Waals surface area contributed by atoms with E-state index in [0.29, 0.717) is 18.1 Å². The van der Waals surface area contributed by atoms with Crippen molar-refractivity contribution in [2.24, 2.45) is 5.92 Å². The van der Waals surface area contributed by atoms with E-state index in [0.717, 1.165) is 24.2 Å². The molecule has 1 aromatic heterocycles. The molecule has 1 aromatic carbocycles. The number of sulfone groups is 1. The molecular formula is C15H19N3O2S. The summed E-state index contributed by atoms with van der Waals surface area (Å²) in [4.78, 5) is 0. The summed E-state index contributed by atoms with van der Waals surface area (Å²) in [6.45, 7) is 1.46. The summed E-state index contributed by atoms with van der Waals surface area (Å²) in [6.07, 6.45) is 4.61. The minimum absolute atomic E-state index is 0.249. The number of hydrogen-bond donors (Lipinski definition) is 1. The van der Waals surface area contributed by atoms with Crippen molar-refractivity contribution in [3.63, 3.8) is 0 Å². The summed E-state index contributed by atoms with van der Waals surface area (Å²) < 4.78 is 24.6. The predicted molar refractivity (Wildman–Crippen MR) is 82.0 cm³/mol. The Morgan fingerprint density at radius 2 is 2.10 bits per heavy atom. The number of nitrogens with zero attached hydrogens (tertiary/aromatic N) is 2. The van der Waals surface area contributed by atoms with Gasteiger partial charge in [0.05, 0.1) is 23.4 Å². The van der Waals surface area contributed by atoms with Gasteiger partial charge in [-0.1, -0.05) is 18.2 Å². The maximum atomic E-state index is 11.4. The van der Waals surface area contributed by atoms with Gasteiger partial charge in [-0.15, -0.1) is 0 Å². The topological polar surface area (TPSA) is 64.0 Å². The van der Waals surface area contributed by atoms with Crippen molar-refractivity contribution in [3.05, 3.63) is 48.3 Å². The Bertz CT molecular complexity index is 695. The third kappa shape index (κ3) is 3.71. The molecular weight excluding hydrogens is 286 g/mol. The lowest BCUT2D eigenvalue weighted by molar-refractivity contribution is 0.521. The molecule has 0 radical (unpaired) electrons. The van der Waals surface area contributed by atoms with E-state index in [-0.39, 0.29) is 5.92 Å². The number of hydrogen-bond acceptors (Lipinski definition) is 4. The fourth-order valence-electron chi connectivity index (χ4n) is 2.63. The molecule has 0 spiro atoms. The van der Waals surface area contributed by atoms with Crippen LogP contribution in [0.3, 0.4) is 0 Å². The molecule has 0 aliphatic carbocycles. The third-order valence-electron chi connectivity index (χ3n) is 3.75. The van der Waals surface area contributed by atoms with Crippen LogP contribution in [0.25, 0.3) is 5.69 Å². The highest BCUT2D eigenvalue weighted by Crippen LogP contribution is 2.17. The number of rotatable bonds is 5. The molecule has 1 saturated heterocycles. The molecule has 1 aliphatic heterocycles. The van der Waals surface area contributed by atoms with Gasteiger partial charge in [0, 0.05) is 18.3 Å². The Kier molecular flexibility index (Phi) is 4.07. The van der Waals surface area contributed by atoms with Crippen molar-refractivity contribution < 1.29 is 8.42 Å². The number of nitrogens with one attached hydrogen (secondary N) is 1. The lowest BCUT2D eigenvalue weighted by atomic mass is 10.1. The first-order chi connectivity index (χ1) is 10.1. The highest BCUT2D eigenvalue weighted by Gasteiger charge is 2.27. The van der Waals surface area contributed by atoms with Crippen LogP contribution in [0.5, 0.6) is 0 Å². The van der Waals surface area contributed by atoms with Crippen LogP contribution in [0.2, 0.25) is 0 Å². The van der Waals surface area contributed by atoms with Crippen molar-refractivity contribution in [3.8, 4) is 5.69 Å². The van der Waals surface area contributed by atoms with Gasteiger partial charge >= 0.3 is 0 Å². The summed E-state index contributed by atoms with van der Waals surface area (Å²) in [5.41, 5.74) is 2.13. The van der Waals surface area contributed by atoms with E-state index in [2.05, 4.69) is 10.4 Å². The van der Waals surface area contributed by atoms with Crippen LogP contribution in [-0.2, 0) is 16.4 Å². The molecule has 2 aromatic rings. The average Bonchev–Trinajstić information content (AvgIpc) is 3.07. The molecule has 21 heavy (non-hydrogen) atoms. The Morgan fingerprint density at radius 3 is 2.81 bits per heavy atom. The first-order valence-corrected chi connectivity index (χ1v) is 8.95. The SMILES string of the molecule is O=S1(=O)CCC(CNCc2cnn(-c3ccccc3)c2)C1. The second kappa shape index (κ2) is 5.99. The van der Waals surface area contributed by atoms with Crippen LogP contribution < -0.4 is 5.32 Å². The van der Waals surface area contributed by atoms with E-state index in [4.69, 9.17) is 0 Å². The molecule has 1 fully saturated rings. The van der Waals surface area contributed by atoms with Crippen LogP contribution >= 0.6 is 0 Å². The molecule has 1 aliphatic rings. The summed E-state index contributed by atoms with van der Waals surface area (Å²) in [6, 6.07) is 9.96. The fourth-order valence-corrected chi connectivity index (χ4v) is 4.49. The standard InChI is InChI=1S/C15H19N3O2S/c19-21(20)7-6-13(12-21)8-16-9-14-10-17-18(11-14)15-4-2-1-3-5-15/h1-5,10-11,13,16H,6-9,12H2. The summed E-state index contributed by atoms with van der Waals surface area (Å²) in [5.74, 6) is 0.911. The molecule has 1 N–H and O–H groups in total. The van der Waals surface area contributed by atoms with Crippen molar-refractivity contribution in [1.29, 1.82) is 0 Å². The van der Waals surface area contributed by atoms with Gasteiger partial charge in [-0.05, 0) is 31.0 Å². The van der Waals surface area contributed by atoms with Crippen LogP contribution in [-0.4, -0.2) is 36.2 Å². The first-order valence-electron chi connectivity index (χ1n) is 7.12. The fraction of sp³-hybridized carbons (Fsp3) is 0.400. The first kappa shape index (κ1) is 14.3. The van der Waals surface area contributed by atoms with Gasteiger partial charge in [0.1, 0.15) is 0 Å². The average molecular weight is 305 g/mol. The van der Waals surface area contributed by atoms with Crippen LogP contribution in [0.1, 0.15) is 12.0 Å². The van der Waals surface area contributed by atoms with E-state index >= 15 is 0 Å². The Morgan fingerprint density at radius 1 is 1.29 bits per heavy atom. The van der Waals surface area contributed by atoms with Crippen molar-refractivity contribution in [2.45, 2.75) is 13.0 Å². The Balaban J connectivity index is 1.52. The Hall–Kier alpha value is -1.66. The normalized spacial score (nSPS) is 20.7.